The molecule has 1 heteroatoms. The second-order valence-corrected chi connectivity index (χ2v) is 19.2. The Labute approximate surface area is 430 Å². The molecule has 0 aliphatic heterocycles. The van der Waals surface area contributed by atoms with Crippen molar-refractivity contribution in [3.8, 4) is 66.8 Å². The highest BCUT2D eigenvalue weighted by Crippen LogP contribution is 2.40. The molecule has 0 bridgehead atoms. The van der Waals surface area contributed by atoms with Crippen molar-refractivity contribution in [3.63, 3.8) is 0 Å². The first-order valence-corrected chi connectivity index (χ1v) is 25.6. The SMILES string of the molecule is C1=CCC(c2cccc(-c3cccc(-c4ccc(N(c5ccc(C6=CC(c7cccc(-c8ccccc8)c7)CC=C6)cc5)c5ccc(-c6cccc(-c7cccc(-c8ccccc8)c7)c6)cc5)cc4)c3)c2)C=C1. The summed E-state index contributed by atoms with van der Waals surface area (Å²) >= 11 is 0. The standard InChI is InChI=1S/C72H55N/c1-4-16-52(17-5-1)58-22-10-28-64(46-58)67-31-13-25-61(49-67)55-34-40-70(41-35-55)73(71-42-36-56(37-43-71)62-26-14-32-68(50-62)65-29-11-23-59(47-65)53-18-6-2-7-19-53)72-44-38-57(39-45-72)63-27-15-33-69(51-63)66-30-12-24-60(48-66)54-20-8-3-9-21-54/h1-20,22-31,33-51,54,68H,21,32H2. The van der Waals surface area contributed by atoms with Gasteiger partial charge in [0, 0.05) is 28.9 Å². The smallest absolute Gasteiger partial charge is 0.0462 e. The van der Waals surface area contributed by atoms with E-state index in [-0.39, 0.29) is 0 Å². The molecule has 2 atom stereocenters. The maximum absolute atomic E-state index is 2.45. The zero-order valence-corrected chi connectivity index (χ0v) is 40.8. The Morgan fingerprint density at radius 1 is 0.274 bits per heavy atom. The molecule has 0 spiro atoms. The van der Waals surface area contributed by atoms with Gasteiger partial charge in [-0.25, -0.2) is 0 Å². The average molecular weight is 934 g/mol. The molecule has 12 rings (SSSR count). The van der Waals surface area contributed by atoms with Crippen LogP contribution in [-0.4, -0.2) is 0 Å². The minimum atomic E-state index is 0.305. The van der Waals surface area contributed by atoms with Gasteiger partial charge in [0.25, 0.3) is 0 Å². The van der Waals surface area contributed by atoms with E-state index in [0.29, 0.717) is 11.8 Å². The minimum absolute atomic E-state index is 0.305. The molecule has 348 valence electrons. The highest BCUT2D eigenvalue weighted by atomic mass is 15.1. The molecule has 0 fully saturated rings. The molecule has 2 unspecified atom stereocenters. The van der Waals surface area contributed by atoms with Gasteiger partial charge in [0.2, 0.25) is 0 Å². The molecule has 10 aromatic rings. The molecule has 0 amide bonds. The first kappa shape index (κ1) is 45.1. The molecule has 0 N–H and O–H groups in total. The van der Waals surface area contributed by atoms with E-state index in [1.54, 1.807) is 0 Å². The molecule has 10 aromatic carbocycles. The van der Waals surface area contributed by atoms with Crippen LogP contribution in [0.4, 0.5) is 17.1 Å². The van der Waals surface area contributed by atoms with Gasteiger partial charge < -0.3 is 4.90 Å². The molecule has 2 aliphatic rings. The van der Waals surface area contributed by atoms with Gasteiger partial charge in [-0.3, -0.25) is 0 Å². The van der Waals surface area contributed by atoms with Crippen LogP contribution in [0.1, 0.15) is 41.4 Å². The molecule has 1 nitrogen and oxygen atoms in total. The van der Waals surface area contributed by atoms with Crippen molar-refractivity contribution in [2.75, 3.05) is 4.90 Å². The monoisotopic (exact) mass is 933 g/mol. The van der Waals surface area contributed by atoms with Gasteiger partial charge in [0.05, 0.1) is 0 Å². The third kappa shape index (κ3) is 10.00. The van der Waals surface area contributed by atoms with E-state index >= 15 is 0 Å². The number of benzene rings is 10. The van der Waals surface area contributed by atoms with Gasteiger partial charge in [-0.05, 0) is 156 Å². The molecule has 0 saturated heterocycles. The predicted octanol–water partition coefficient (Wildman–Crippen LogP) is 19.9. The maximum atomic E-state index is 2.45. The number of nitrogens with zero attached hydrogens (tertiary/aromatic N) is 1. The molecule has 2 aliphatic carbocycles. The zero-order valence-electron chi connectivity index (χ0n) is 40.8. The summed E-state index contributed by atoms with van der Waals surface area (Å²) in [5.41, 5.74) is 23.0. The van der Waals surface area contributed by atoms with Gasteiger partial charge in [-0.1, -0.05) is 243 Å². The molecule has 0 aromatic heterocycles. The first-order chi connectivity index (χ1) is 36.1. The van der Waals surface area contributed by atoms with Crippen molar-refractivity contribution >= 4 is 22.6 Å². The third-order valence-electron chi connectivity index (χ3n) is 14.5. The van der Waals surface area contributed by atoms with E-state index in [1.807, 2.05) is 0 Å². The van der Waals surface area contributed by atoms with Gasteiger partial charge >= 0.3 is 0 Å². The Morgan fingerprint density at radius 3 is 1.08 bits per heavy atom. The Balaban J connectivity index is 0.852. The lowest BCUT2D eigenvalue weighted by Crippen LogP contribution is -2.10. The Morgan fingerprint density at radius 2 is 0.630 bits per heavy atom. The molecular formula is C72H55N. The van der Waals surface area contributed by atoms with E-state index in [9.17, 15) is 0 Å². The maximum Gasteiger partial charge on any atom is 0.0462 e. The molecular weight excluding hydrogens is 879 g/mol. The highest BCUT2D eigenvalue weighted by Gasteiger charge is 2.18. The fourth-order valence-corrected chi connectivity index (χ4v) is 10.6. The van der Waals surface area contributed by atoms with E-state index in [4.69, 9.17) is 0 Å². The highest BCUT2D eigenvalue weighted by molar-refractivity contribution is 5.84. The number of hydrogen-bond acceptors (Lipinski definition) is 1. The van der Waals surface area contributed by atoms with E-state index in [2.05, 4.69) is 302 Å². The van der Waals surface area contributed by atoms with Crippen molar-refractivity contribution in [1.29, 1.82) is 0 Å². The van der Waals surface area contributed by atoms with Crippen LogP contribution in [0.15, 0.2) is 297 Å². The topological polar surface area (TPSA) is 3.24 Å². The second-order valence-electron chi connectivity index (χ2n) is 19.2. The minimum Gasteiger partial charge on any atom is -0.311 e. The summed E-state index contributed by atoms with van der Waals surface area (Å²) < 4.78 is 0. The van der Waals surface area contributed by atoms with E-state index < -0.39 is 0 Å². The molecule has 0 saturated carbocycles. The average Bonchev–Trinajstić information content (AvgIpc) is 3.49. The van der Waals surface area contributed by atoms with Crippen molar-refractivity contribution < 1.29 is 0 Å². The number of allylic oxidation sites excluding steroid dienone is 8. The third-order valence-corrected chi connectivity index (χ3v) is 14.5. The lowest BCUT2D eigenvalue weighted by atomic mass is 9.86. The van der Waals surface area contributed by atoms with Crippen LogP contribution < -0.4 is 4.90 Å². The van der Waals surface area contributed by atoms with Crippen LogP contribution in [0.3, 0.4) is 0 Å². The normalized spacial score (nSPS) is 14.9. The van der Waals surface area contributed by atoms with Crippen LogP contribution in [0.25, 0.3) is 72.3 Å². The van der Waals surface area contributed by atoms with Crippen molar-refractivity contribution in [1.82, 2.24) is 0 Å². The van der Waals surface area contributed by atoms with Crippen LogP contribution >= 0.6 is 0 Å². The second kappa shape index (κ2) is 20.7. The summed E-state index contributed by atoms with van der Waals surface area (Å²) in [6.45, 7) is 0. The lowest BCUT2D eigenvalue weighted by molar-refractivity contribution is 0.854. The quantitative estimate of drug-likeness (QED) is 0.118. The van der Waals surface area contributed by atoms with Gasteiger partial charge in [0.15, 0.2) is 0 Å². The van der Waals surface area contributed by atoms with Crippen molar-refractivity contribution in [2.24, 2.45) is 0 Å². The van der Waals surface area contributed by atoms with Crippen LogP contribution in [0, 0.1) is 0 Å². The number of anilines is 3. The fraction of sp³-hybridized carbons (Fsp3) is 0.0556. The van der Waals surface area contributed by atoms with Crippen molar-refractivity contribution in [2.45, 2.75) is 24.7 Å². The van der Waals surface area contributed by atoms with Crippen molar-refractivity contribution in [3.05, 3.63) is 314 Å². The lowest BCUT2D eigenvalue weighted by Gasteiger charge is -2.26. The number of rotatable bonds is 12. The largest absolute Gasteiger partial charge is 0.311 e. The summed E-state index contributed by atoms with van der Waals surface area (Å²) in [4.78, 5) is 2.38. The Bertz CT molecular complexity index is 3650. The summed E-state index contributed by atoms with van der Waals surface area (Å²) in [7, 11) is 0. The first-order valence-electron chi connectivity index (χ1n) is 25.6. The van der Waals surface area contributed by atoms with Crippen LogP contribution in [0.2, 0.25) is 0 Å². The summed E-state index contributed by atoms with van der Waals surface area (Å²) in [6.07, 6.45) is 18.0. The molecule has 0 radical (unpaired) electrons. The van der Waals surface area contributed by atoms with E-state index in [1.165, 1.54) is 89.0 Å². The van der Waals surface area contributed by atoms with E-state index in [0.717, 1.165) is 29.9 Å². The predicted molar refractivity (Wildman–Crippen MR) is 310 cm³/mol. The zero-order chi connectivity index (χ0) is 48.8. The molecule has 0 heterocycles. The van der Waals surface area contributed by atoms with Gasteiger partial charge in [-0.2, -0.15) is 0 Å². The number of hydrogen-bond donors (Lipinski definition) is 0. The van der Waals surface area contributed by atoms with Gasteiger partial charge in [0.1, 0.15) is 0 Å². The van der Waals surface area contributed by atoms with Crippen LogP contribution in [-0.2, 0) is 0 Å². The van der Waals surface area contributed by atoms with Gasteiger partial charge in [-0.15, -0.1) is 0 Å². The summed E-state index contributed by atoms with van der Waals surface area (Å²) in [6, 6.07) is 93.3. The fourth-order valence-electron chi connectivity index (χ4n) is 10.6. The summed E-state index contributed by atoms with van der Waals surface area (Å²) in [5.74, 6) is 0.720. The molecule has 73 heavy (non-hydrogen) atoms. The van der Waals surface area contributed by atoms with Crippen LogP contribution in [0.5, 0.6) is 0 Å². The summed E-state index contributed by atoms with van der Waals surface area (Å²) in [5, 5.41) is 0. The Hall–Kier alpha value is -9.04. The Kier molecular flexibility index (Phi) is 12.8.